The smallest absolute Gasteiger partial charge is 0.0641 e. The van der Waals surface area contributed by atoms with E-state index in [1.54, 1.807) is 0 Å². The Hall–Kier alpha value is -0.0800. The molecule has 3 aliphatic rings. The summed E-state index contributed by atoms with van der Waals surface area (Å²) < 4.78 is 6.10. The molecule has 0 radical (unpaired) electrons. The fourth-order valence-electron chi connectivity index (χ4n) is 7.83. The molecule has 0 bridgehead atoms. The number of aliphatic hydroxyl groups is 1. The normalized spacial score (nSPS) is 51.1. The lowest BCUT2D eigenvalue weighted by molar-refractivity contribution is -0.120. The van der Waals surface area contributed by atoms with Crippen molar-refractivity contribution >= 4 is 0 Å². The largest absolute Gasteiger partial charge is 0.396 e. The third-order valence-electron chi connectivity index (χ3n) is 7.96. The molecule has 1 spiro atoms. The lowest BCUT2D eigenvalue weighted by atomic mass is 9.52. The Balaban J connectivity index is 2.11. The van der Waals surface area contributed by atoms with Gasteiger partial charge in [-0.3, -0.25) is 0 Å². The van der Waals surface area contributed by atoms with Gasteiger partial charge in [-0.2, -0.15) is 0 Å². The Bertz CT molecular complexity index is 418. The van der Waals surface area contributed by atoms with Crippen LogP contribution in [0, 0.1) is 27.6 Å². The Morgan fingerprint density at radius 2 is 1.81 bits per heavy atom. The average Bonchev–Trinajstić information content (AvgIpc) is 2.92. The van der Waals surface area contributed by atoms with E-state index in [1.807, 2.05) is 7.11 Å². The molecule has 0 aromatic rings. The number of hydrogen-bond acceptors (Lipinski definition) is 2. The molecule has 3 saturated carbocycles. The van der Waals surface area contributed by atoms with Crippen molar-refractivity contribution in [1.29, 1.82) is 0 Å². The van der Waals surface area contributed by atoms with Crippen molar-refractivity contribution in [2.75, 3.05) is 13.7 Å². The first-order valence-corrected chi connectivity index (χ1v) is 8.91. The van der Waals surface area contributed by atoms with E-state index >= 15 is 0 Å². The summed E-state index contributed by atoms with van der Waals surface area (Å²) in [5.74, 6) is 0.783. The van der Waals surface area contributed by atoms with Crippen LogP contribution in [0.5, 0.6) is 0 Å². The van der Waals surface area contributed by atoms with Crippen LogP contribution in [0.3, 0.4) is 0 Å². The molecule has 0 aliphatic heterocycles. The average molecular weight is 294 g/mol. The fraction of sp³-hybridized carbons (Fsp3) is 1.00. The minimum absolute atomic E-state index is 0.327. The maximum atomic E-state index is 9.38. The highest BCUT2D eigenvalue weighted by atomic mass is 16.5. The lowest BCUT2D eigenvalue weighted by Crippen LogP contribution is -2.52. The predicted molar refractivity (Wildman–Crippen MR) is 86.1 cm³/mol. The highest BCUT2D eigenvalue weighted by Crippen LogP contribution is 2.82. The zero-order valence-electron chi connectivity index (χ0n) is 14.7. The molecule has 3 aliphatic carbocycles. The molecular formula is C19H34O2. The molecule has 21 heavy (non-hydrogen) atoms. The molecule has 3 rings (SSSR count). The highest BCUT2D eigenvalue weighted by molar-refractivity contribution is 5.25. The topological polar surface area (TPSA) is 29.5 Å². The molecule has 5 atom stereocenters. The molecule has 2 nitrogen and oxygen atoms in total. The first-order chi connectivity index (χ1) is 9.77. The van der Waals surface area contributed by atoms with Crippen LogP contribution in [0.1, 0.15) is 72.6 Å². The molecule has 2 unspecified atom stereocenters. The van der Waals surface area contributed by atoms with Crippen LogP contribution in [0.2, 0.25) is 0 Å². The SMILES string of the molecule is COC1CC[C@]2(C)CC(C)(C)[C@H]3CC[C@](C)(CCCO)C132. The van der Waals surface area contributed by atoms with Gasteiger partial charge in [0, 0.05) is 19.1 Å². The van der Waals surface area contributed by atoms with E-state index in [1.165, 1.54) is 32.1 Å². The van der Waals surface area contributed by atoms with E-state index in [4.69, 9.17) is 4.74 Å². The van der Waals surface area contributed by atoms with Crippen molar-refractivity contribution < 1.29 is 9.84 Å². The number of ether oxygens (including phenoxy) is 1. The van der Waals surface area contributed by atoms with Crippen molar-refractivity contribution in [3.8, 4) is 0 Å². The van der Waals surface area contributed by atoms with E-state index in [-0.39, 0.29) is 0 Å². The van der Waals surface area contributed by atoms with Crippen LogP contribution < -0.4 is 0 Å². The van der Waals surface area contributed by atoms with Gasteiger partial charge in [0.05, 0.1) is 6.10 Å². The minimum Gasteiger partial charge on any atom is -0.396 e. The van der Waals surface area contributed by atoms with Crippen molar-refractivity contribution in [2.24, 2.45) is 27.6 Å². The second-order valence-corrected chi connectivity index (χ2v) is 9.34. The number of methoxy groups -OCH3 is 1. The summed E-state index contributed by atoms with van der Waals surface area (Å²) in [6.45, 7) is 10.4. The van der Waals surface area contributed by atoms with Gasteiger partial charge in [0.15, 0.2) is 0 Å². The highest BCUT2D eigenvalue weighted by Gasteiger charge is 2.77. The molecule has 0 heterocycles. The van der Waals surface area contributed by atoms with Gasteiger partial charge in [-0.25, -0.2) is 0 Å². The Morgan fingerprint density at radius 3 is 2.43 bits per heavy atom. The summed E-state index contributed by atoms with van der Waals surface area (Å²) in [5, 5.41) is 9.38. The Labute approximate surface area is 130 Å². The van der Waals surface area contributed by atoms with Crippen molar-refractivity contribution in [3.05, 3.63) is 0 Å². The summed E-state index contributed by atoms with van der Waals surface area (Å²) in [4.78, 5) is 0. The maximum Gasteiger partial charge on any atom is 0.0641 e. The second-order valence-electron chi connectivity index (χ2n) is 9.34. The van der Waals surface area contributed by atoms with Gasteiger partial charge in [-0.15, -0.1) is 0 Å². The van der Waals surface area contributed by atoms with E-state index in [9.17, 15) is 5.11 Å². The first kappa shape index (κ1) is 15.8. The quantitative estimate of drug-likeness (QED) is 0.832. The fourth-order valence-corrected chi connectivity index (χ4v) is 7.83. The van der Waals surface area contributed by atoms with Gasteiger partial charge in [0.25, 0.3) is 0 Å². The van der Waals surface area contributed by atoms with Gasteiger partial charge in [-0.1, -0.05) is 27.7 Å². The van der Waals surface area contributed by atoms with E-state index < -0.39 is 0 Å². The van der Waals surface area contributed by atoms with Gasteiger partial charge in [-0.05, 0) is 67.1 Å². The number of rotatable bonds is 4. The molecule has 0 saturated heterocycles. The molecule has 122 valence electrons. The van der Waals surface area contributed by atoms with E-state index in [0.717, 1.165) is 18.8 Å². The first-order valence-electron chi connectivity index (χ1n) is 8.91. The van der Waals surface area contributed by atoms with Crippen LogP contribution in [-0.2, 0) is 4.74 Å². The van der Waals surface area contributed by atoms with Gasteiger partial charge >= 0.3 is 0 Å². The summed E-state index contributed by atoms with van der Waals surface area (Å²) >= 11 is 0. The minimum atomic E-state index is 0.327. The molecule has 0 aromatic carbocycles. The summed E-state index contributed by atoms with van der Waals surface area (Å²) in [5.41, 5.74) is 1.51. The summed E-state index contributed by atoms with van der Waals surface area (Å²) in [6.07, 6.45) is 9.08. The van der Waals surface area contributed by atoms with E-state index in [2.05, 4.69) is 27.7 Å². The second kappa shape index (κ2) is 4.71. The van der Waals surface area contributed by atoms with Gasteiger partial charge < -0.3 is 9.84 Å². The predicted octanol–water partition coefficient (Wildman–Crippen LogP) is 4.41. The molecule has 0 amide bonds. The molecule has 1 N–H and O–H groups in total. The zero-order valence-corrected chi connectivity index (χ0v) is 14.7. The van der Waals surface area contributed by atoms with Crippen LogP contribution in [0.4, 0.5) is 0 Å². The Morgan fingerprint density at radius 1 is 1.10 bits per heavy atom. The zero-order chi connectivity index (χ0) is 15.5. The van der Waals surface area contributed by atoms with Crippen LogP contribution in [0.15, 0.2) is 0 Å². The van der Waals surface area contributed by atoms with Crippen LogP contribution >= 0.6 is 0 Å². The Kier molecular flexibility index (Phi) is 3.54. The summed E-state index contributed by atoms with van der Waals surface area (Å²) in [6, 6.07) is 0. The lowest BCUT2D eigenvalue weighted by Gasteiger charge is -2.53. The third-order valence-corrected chi connectivity index (χ3v) is 7.96. The molecule has 0 aromatic heterocycles. The standard InChI is InChI=1S/C19H34O2/c1-16(2)13-18(4)11-8-15(21-5)19(18)14(16)7-10-17(19,3)9-6-12-20/h14-15,20H,6-13H2,1-5H3/t14-,15?,17+,18-,19?/m1/s1. The van der Waals surface area contributed by atoms with Gasteiger partial charge in [0.1, 0.15) is 0 Å². The number of hydrogen-bond donors (Lipinski definition) is 1. The third kappa shape index (κ3) is 1.72. The van der Waals surface area contributed by atoms with Crippen LogP contribution in [-0.4, -0.2) is 24.9 Å². The molecule has 2 heteroatoms. The van der Waals surface area contributed by atoms with E-state index in [0.29, 0.717) is 34.4 Å². The number of aliphatic hydroxyl groups excluding tert-OH is 1. The van der Waals surface area contributed by atoms with Crippen molar-refractivity contribution in [2.45, 2.75) is 78.7 Å². The molecular weight excluding hydrogens is 260 g/mol. The molecule has 3 fully saturated rings. The van der Waals surface area contributed by atoms with Crippen LogP contribution in [0.25, 0.3) is 0 Å². The van der Waals surface area contributed by atoms with Crippen molar-refractivity contribution in [3.63, 3.8) is 0 Å². The van der Waals surface area contributed by atoms with Crippen molar-refractivity contribution in [1.82, 2.24) is 0 Å². The maximum absolute atomic E-state index is 9.38. The monoisotopic (exact) mass is 294 g/mol. The summed E-state index contributed by atoms with van der Waals surface area (Å²) in [7, 11) is 1.93. The van der Waals surface area contributed by atoms with Gasteiger partial charge in [0.2, 0.25) is 0 Å².